The summed E-state index contributed by atoms with van der Waals surface area (Å²) in [4.78, 5) is 4.24. The zero-order chi connectivity index (χ0) is 13.0. The van der Waals surface area contributed by atoms with Crippen LogP contribution in [0.15, 0.2) is 30.5 Å². The summed E-state index contributed by atoms with van der Waals surface area (Å²) in [6.45, 7) is 5.04. The summed E-state index contributed by atoms with van der Waals surface area (Å²) in [6.07, 6.45) is 1.96. The molecule has 2 aromatic rings. The number of hydrogen-bond donors (Lipinski definition) is 1. The molecule has 0 bridgehead atoms. The lowest BCUT2D eigenvalue weighted by Gasteiger charge is -2.12. The summed E-state index contributed by atoms with van der Waals surface area (Å²) in [5.41, 5.74) is 7.56. The van der Waals surface area contributed by atoms with E-state index in [1.807, 2.05) is 38.1 Å². The fraction of sp³-hybridized carbons (Fsp3) is 0.357. The number of fused-ring (bicyclic) bond motifs is 1. The first-order valence-corrected chi connectivity index (χ1v) is 6.06. The van der Waals surface area contributed by atoms with Gasteiger partial charge in [0.1, 0.15) is 12.4 Å². The third-order valence-corrected chi connectivity index (χ3v) is 2.58. The van der Waals surface area contributed by atoms with Crippen molar-refractivity contribution in [1.29, 1.82) is 0 Å². The number of nitrogens with two attached hydrogens (primary N) is 1. The molecule has 1 aromatic heterocycles. The van der Waals surface area contributed by atoms with E-state index in [0.29, 0.717) is 24.7 Å². The van der Waals surface area contributed by atoms with Gasteiger partial charge in [-0.05, 0) is 38.1 Å². The van der Waals surface area contributed by atoms with Crippen LogP contribution in [-0.4, -0.2) is 24.3 Å². The van der Waals surface area contributed by atoms with E-state index < -0.39 is 0 Å². The van der Waals surface area contributed by atoms with Crippen molar-refractivity contribution in [2.24, 2.45) is 0 Å². The van der Waals surface area contributed by atoms with E-state index in [1.165, 1.54) is 0 Å². The van der Waals surface area contributed by atoms with Crippen LogP contribution in [0.4, 0.5) is 5.69 Å². The molecule has 0 saturated heterocycles. The van der Waals surface area contributed by atoms with E-state index >= 15 is 0 Å². The SMILES string of the molecule is CC(C)OCCOc1ccc2ncccc2c1N. The maximum atomic E-state index is 6.06. The number of rotatable bonds is 5. The average molecular weight is 246 g/mol. The monoisotopic (exact) mass is 246 g/mol. The van der Waals surface area contributed by atoms with Gasteiger partial charge in [0.2, 0.25) is 0 Å². The molecule has 2 N–H and O–H groups in total. The van der Waals surface area contributed by atoms with Crippen LogP contribution in [0.25, 0.3) is 10.9 Å². The molecule has 18 heavy (non-hydrogen) atoms. The molecule has 0 amide bonds. The molecular formula is C14H18N2O2. The van der Waals surface area contributed by atoms with Crippen LogP contribution in [0.2, 0.25) is 0 Å². The average Bonchev–Trinajstić information content (AvgIpc) is 2.37. The number of nitrogens with zero attached hydrogens (tertiary/aromatic N) is 1. The Morgan fingerprint density at radius 2 is 2.06 bits per heavy atom. The predicted molar refractivity (Wildman–Crippen MR) is 72.7 cm³/mol. The van der Waals surface area contributed by atoms with Gasteiger partial charge in [0, 0.05) is 11.6 Å². The van der Waals surface area contributed by atoms with Gasteiger partial charge in [-0.3, -0.25) is 4.98 Å². The van der Waals surface area contributed by atoms with Crippen LogP contribution in [-0.2, 0) is 4.74 Å². The lowest BCUT2D eigenvalue weighted by molar-refractivity contribution is 0.0554. The predicted octanol–water partition coefficient (Wildman–Crippen LogP) is 2.62. The lowest BCUT2D eigenvalue weighted by atomic mass is 10.2. The van der Waals surface area contributed by atoms with E-state index in [4.69, 9.17) is 15.2 Å². The maximum Gasteiger partial charge on any atom is 0.143 e. The maximum absolute atomic E-state index is 6.06. The molecule has 1 aromatic carbocycles. The van der Waals surface area contributed by atoms with Gasteiger partial charge in [-0.2, -0.15) is 0 Å². The molecule has 0 aliphatic rings. The smallest absolute Gasteiger partial charge is 0.143 e. The Balaban J connectivity index is 2.07. The van der Waals surface area contributed by atoms with Gasteiger partial charge in [0.15, 0.2) is 0 Å². The van der Waals surface area contributed by atoms with Crippen molar-refractivity contribution in [2.75, 3.05) is 18.9 Å². The van der Waals surface area contributed by atoms with Crippen molar-refractivity contribution in [3.05, 3.63) is 30.5 Å². The Labute approximate surface area is 107 Å². The molecule has 2 rings (SSSR count). The van der Waals surface area contributed by atoms with Crippen LogP contribution in [0, 0.1) is 0 Å². The Bertz CT molecular complexity index is 526. The molecule has 96 valence electrons. The Morgan fingerprint density at radius 1 is 1.22 bits per heavy atom. The standard InChI is InChI=1S/C14H18N2O2/c1-10(2)17-8-9-18-13-6-5-12-11(14(13)15)4-3-7-16-12/h3-7,10H,8-9,15H2,1-2H3. The second-order valence-corrected chi connectivity index (χ2v) is 4.32. The van der Waals surface area contributed by atoms with Crippen molar-refractivity contribution in [1.82, 2.24) is 4.98 Å². The molecule has 4 heteroatoms. The van der Waals surface area contributed by atoms with E-state index in [0.717, 1.165) is 10.9 Å². The molecule has 0 atom stereocenters. The summed E-state index contributed by atoms with van der Waals surface area (Å²) < 4.78 is 11.0. The number of ether oxygens (including phenoxy) is 2. The zero-order valence-electron chi connectivity index (χ0n) is 10.7. The van der Waals surface area contributed by atoms with Crippen LogP contribution in [0.1, 0.15) is 13.8 Å². The third-order valence-electron chi connectivity index (χ3n) is 2.58. The van der Waals surface area contributed by atoms with E-state index in [1.54, 1.807) is 6.20 Å². The topological polar surface area (TPSA) is 57.4 Å². The van der Waals surface area contributed by atoms with Gasteiger partial charge >= 0.3 is 0 Å². The second-order valence-electron chi connectivity index (χ2n) is 4.32. The first-order chi connectivity index (χ1) is 8.68. The minimum atomic E-state index is 0.215. The minimum absolute atomic E-state index is 0.215. The summed E-state index contributed by atoms with van der Waals surface area (Å²) >= 11 is 0. The fourth-order valence-electron chi connectivity index (χ4n) is 1.72. The van der Waals surface area contributed by atoms with Crippen LogP contribution >= 0.6 is 0 Å². The van der Waals surface area contributed by atoms with Crippen molar-refractivity contribution >= 4 is 16.6 Å². The Kier molecular flexibility index (Phi) is 3.99. The summed E-state index contributed by atoms with van der Waals surface area (Å²) in [7, 11) is 0. The molecular weight excluding hydrogens is 228 g/mol. The highest BCUT2D eigenvalue weighted by Gasteiger charge is 2.05. The van der Waals surface area contributed by atoms with Crippen molar-refractivity contribution in [2.45, 2.75) is 20.0 Å². The highest BCUT2D eigenvalue weighted by molar-refractivity contribution is 5.93. The second kappa shape index (κ2) is 5.69. The van der Waals surface area contributed by atoms with Gasteiger partial charge in [-0.15, -0.1) is 0 Å². The van der Waals surface area contributed by atoms with Crippen molar-refractivity contribution in [3.63, 3.8) is 0 Å². The summed E-state index contributed by atoms with van der Waals surface area (Å²) in [6, 6.07) is 7.56. The highest BCUT2D eigenvalue weighted by Crippen LogP contribution is 2.29. The molecule has 0 aliphatic carbocycles. The highest BCUT2D eigenvalue weighted by atomic mass is 16.5. The number of benzene rings is 1. The van der Waals surface area contributed by atoms with Crippen molar-refractivity contribution in [3.8, 4) is 5.75 Å². The van der Waals surface area contributed by atoms with Gasteiger partial charge in [-0.25, -0.2) is 0 Å². The Hall–Kier alpha value is -1.81. The number of aromatic nitrogens is 1. The number of hydrogen-bond acceptors (Lipinski definition) is 4. The first-order valence-electron chi connectivity index (χ1n) is 6.06. The van der Waals surface area contributed by atoms with Gasteiger partial charge in [-0.1, -0.05) is 0 Å². The summed E-state index contributed by atoms with van der Waals surface area (Å²) in [5, 5.41) is 0.916. The number of anilines is 1. The molecule has 0 fully saturated rings. The summed E-state index contributed by atoms with van der Waals surface area (Å²) in [5.74, 6) is 0.683. The molecule has 0 saturated carbocycles. The van der Waals surface area contributed by atoms with E-state index in [9.17, 15) is 0 Å². The Morgan fingerprint density at radius 3 is 2.83 bits per heavy atom. The minimum Gasteiger partial charge on any atom is -0.489 e. The third kappa shape index (κ3) is 2.90. The van der Waals surface area contributed by atoms with Crippen LogP contribution in [0.5, 0.6) is 5.75 Å². The van der Waals surface area contributed by atoms with Crippen LogP contribution < -0.4 is 10.5 Å². The molecule has 0 spiro atoms. The molecule has 0 radical (unpaired) electrons. The zero-order valence-corrected chi connectivity index (χ0v) is 10.7. The largest absolute Gasteiger partial charge is 0.489 e. The van der Waals surface area contributed by atoms with Crippen molar-refractivity contribution < 1.29 is 9.47 Å². The van der Waals surface area contributed by atoms with Crippen LogP contribution in [0.3, 0.4) is 0 Å². The van der Waals surface area contributed by atoms with Gasteiger partial charge < -0.3 is 15.2 Å². The van der Waals surface area contributed by atoms with E-state index in [2.05, 4.69) is 4.98 Å². The molecule has 0 aliphatic heterocycles. The molecule has 4 nitrogen and oxygen atoms in total. The quantitative estimate of drug-likeness (QED) is 0.651. The molecule has 0 unspecified atom stereocenters. The van der Waals surface area contributed by atoms with E-state index in [-0.39, 0.29) is 6.10 Å². The first kappa shape index (κ1) is 12.6. The number of pyridine rings is 1. The normalized spacial score (nSPS) is 11.1. The number of nitrogen functional groups attached to an aromatic ring is 1. The lowest BCUT2D eigenvalue weighted by Crippen LogP contribution is -2.11. The van der Waals surface area contributed by atoms with Gasteiger partial charge in [0.25, 0.3) is 0 Å². The molecule has 1 heterocycles. The van der Waals surface area contributed by atoms with Gasteiger partial charge in [0.05, 0.1) is 23.9 Å². The fourth-order valence-corrected chi connectivity index (χ4v) is 1.72.